The molecule has 0 amide bonds. The molecule has 24 heavy (non-hydrogen) atoms. The first-order chi connectivity index (χ1) is 11.5. The van der Waals surface area contributed by atoms with Crippen LogP contribution in [0.15, 0.2) is 30.6 Å². The topological polar surface area (TPSA) is 78.4 Å². The normalized spacial score (nSPS) is 12.5. The van der Waals surface area contributed by atoms with E-state index in [0.717, 1.165) is 6.07 Å². The molecule has 2 aromatic heterocycles. The Bertz CT molecular complexity index is 885. The highest BCUT2D eigenvalue weighted by Crippen LogP contribution is 2.38. The Balaban J connectivity index is 2.08. The summed E-state index contributed by atoms with van der Waals surface area (Å²) in [7, 11) is 0. The molecule has 0 aliphatic heterocycles. The smallest absolute Gasteiger partial charge is 0.138 e. The minimum absolute atomic E-state index is 0.00744. The van der Waals surface area contributed by atoms with Crippen molar-refractivity contribution in [1.82, 2.24) is 9.97 Å². The molecule has 3 N–H and O–H groups in total. The van der Waals surface area contributed by atoms with Gasteiger partial charge in [0.05, 0.1) is 16.7 Å². The Morgan fingerprint density at radius 1 is 1.33 bits per heavy atom. The summed E-state index contributed by atoms with van der Waals surface area (Å²) in [4.78, 5) is 7.00. The van der Waals surface area contributed by atoms with Crippen LogP contribution < -0.4 is 4.74 Å². The Labute approximate surface area is 146 Å². The number of aliphatic hydroxyl groups excluding tert-OH is 2. The number of benzene rings is 1. The second-order valence-electron chi connectivity index (χ2n) is 5.04. The van der Waals surface area contributed by atoms with Gasteiger partial charge in [-0.3, -0.25) is 0 Å². The molecule has 0 radical (unpaired) electrons. The Hall–Kier alpha value is -1.86. The lowest BCUT2D eigenvalue weighted by Crippen LogP contribution is -2.07. The van der Waals surface area contributed by atoms with Gasteiger partial charge in [0, 0.05) is 28.9 Å². The van der Waals surface area contributed by atoms with Gasteiger partial charge < -0.3 is 19.9 Å². The van der Waals surface area contributed by atoms with Crippen LogP contribution in [0, 0.1) is 5.82 Å². The fraction of sp³-hybridized carbons (Fsp3) is 0.188. The first kappa shape index (κ1) is 17.0. The number of hydrogen-bond donors (Lipinski definition) is 3. The van der Waals surface area contributed by atoms with Gasteiger partial charge in [-0.1, -0.05) is 23.2 Å². The molecule has 0 spiro atoms. The third-order valence-corrected chi connectivity index (χ3v) is 4.13. The fourth-order valence-electron chi connectivity index (χ4n) is 2.45. The van der Waals surface area contributed by atoms with Gasteiger partial charge in [-0.25, -0.2) is 9.37 Å². The number of aromatic amines is 1. The zero-order valence-corrected chi connectivity index (χ0v) is 13.8. The quantitative estimate of drug-likeness (QED) is 0.642. The van der Waals surface area contributed by atoms with E-state index in [1.165, 1.54) is 18.5 Å². The van der Waals surface area contributed by atoms with E-state index in [0.29, 0.717) is 21.6 Å². The van der Waals surface area contributed by atoms with Crippen molar-refractivity contribution in [2.24, 2.45) is 0 Å². The second-order valence-corrected chi connectivity index (χ2v) is 5.86. The monoisotopic (exact) mass is 370 g/mol. The van der Waals surface area contributed by atoms with Crippen molar-refractivity contribution in [2.75, 3.05) is 13.2 Å². The molecular formula is C16H13Cl2FN2O3. The number of aromatic nitrogens is 2. The van der Waals surface area contributed by atoms with Gasteiger partial charge in [-0.15, -0.1) is 0 Å². The van der Waals surface area contributed by atoms with Crippen molar-refractivity contribution < 1.29 is 19.3 Å². The van der Waals surface area contributed by atoms with E-state index in [1.54, 1.807) is 6.07 Å². The number of H-pyrrole nitrogens is 1. The van der Waals surface area contributed by atoms with Gasteiger partial charge in [0.25, 0.3) is 0 Å². The summed E-state index contributed by atoms with van der Waals surface area (Å²) in [6.45, 7) is -0.203. The van der Waals surface area contributed by atoms with E-state index in [1.807, 2.05) is 0 Å². The summed E-state index contributed by atoms with van der Waals surface area (Å²) in [6.07, 6.45) is 1.65. The van der Waals surface area contributed by atoms with E-state index in [9.17, 15) is 9.50 Å². The highest BCUT2D eigenvalue weighted by Gasteiger charge is 2.24. The molecule has 0 aliphatic rings. The number of ether oxygens (including phenoxy) is 1. The van der Waals surface area contributed by atoms with Crippen LogP contribution in [-0.4, -0.2) is 33.4 Å². The summed E-state index contributed by atoms with van der Waals surface area (Å²) < 4.78 is 19.5. The molecule has 0 saturated carbocycles. The molecule has 5 nitrogen and oxygen atoms in total. The lowest BCUT2D eigenvalue weighted by Gasteiger charge is -2.16. The second kappa shape index (κ2) is 6.94. The van der Waals surface area contributed by atoms with Crippen LogP contribution in [0.2, 0.25) is 10.0 Å². The Kier molecular flexibility index (Phi) is 4.91. The minimum Gasteiger partial charge on any atom is -0.490 e. The van der Waals surface area contributed by atoms with Crippen molar-refractivity contribution in [2.45, 2.75) is 6.10 Å². The number of nitrogens with one attached hydrogen (secondary N) is 1. The Morgan fingerprint density at radius 2 is 2.12 bits per heavy atom. The van der Waals surface area contributed by atoms with Gasteiger partial charge in [-0.05, 0) is 18.2 Å². The van der Waals surface area contributed by atoms with E-state index in [2.05, 4.69) is 9.97 Å². The van der Waals surface area contributed by atoms with Crippen LogP contribution in [0.5, 0.6) is 5.75 Å². The fourth-order valence-corrected chi connectivity index (χ4v) is 2.92. The van der Waals surface area contributed by atoms with E-state index >= 15 is 0 Å². The van der Waals surface area contributed by atoms with Gasteiger partial charge >= 0.3 is 0 Å². The van der Waals surface area contributed by atoms with Gasteiger partial charge in [0.1, 0.15) is 29.9 Å². The lowest BCUT2D eigenvalue weighted by molar-refractivity contribution is 0.198. The molecule has 0 bridgehead atoms. The number of pyridine rings is 1. The maximum atomic E-state index is 14.3. The first-order valence-electron chi connectivity index (χ1n) is 7.05. The molecule has 0 saturated heterocycles. The molecule has 126 valence electrons. The SMILES string of the molecule is OCCOc1ccc(F)c(C(O)c2c[nH]c3ncc(Cl)cc23)c1Cl. The number of nitrogens with zero attached hydrogens (tertiary/aromatic N) is 1. The third-order valence-electron chi connectivity index (χ3n) is 3.54. The molecule has 0 aliphatic carbocycles. The van der Waals surface area contributed by atoms with Crippen molar-refractivity contribution in [1.29, 1.82) is 0 Å². The molecule has 3 rings (SSSR count). The van der Waals surface area contributed by atoms with Crippen LogP contribution >= 0.6 is 23.2 Å². The van der Waals surface area contributed by atoms with Crippen LogP contribution in [0.25, 0.3) is 11.0 Å². The van der Waals surface area contributed by atoms with Crippen molar-refractivity contribution in [3.05, 3.63) is 57.6 Å². The molecular weight excluding hydrogens is 358 g/mol. The number of hydrogen-bond acceptors (Lipinski definition) is 4. The number of halogens is 3. The summed E-state index contributed by atoms with van der Waals surface area (Å²) >= 11 is 12.1. The molecule has 1 unspecified atom stereocenters. The van der Waals surface area contributed by atoms with E-state index in [4.69, 9.17) is 33.0 Å². The van der Waals surface area contributed by atoms with Crippen molar-refractivity contribution >= 4 is 34.2 Å². The van der Waals surface area contributed by atoms with Crippen molar-refractivity contribution in [3.63, 3.8) is 0 Å². The minimum atomic E-state index is -1.34. The lowest BCUT2D eigenvalue weighted by atomic mass is 10.0. The zero-order valence-electron chi connectivity index (χ0n) is 12.3. The number of fused-ring (bicyclic) bond motifs is 1. The van der Waals surface area contributed by atoms with Gasteiger partial charge in [-0.2, -0.15) is 0 Å². The molecule has 2 heterocycles. The third kappa shape index (κ3) is 3.06. The summed E-state index contributed by atoms with van der Waals surface area (Å²) in [5.41, 5.74) is 0.783. The zero-order chi connectivity index (χ0) is 17.3. The van der Waals surface area contributed by atoms with E-state index in [-0.39, 0.29) is 29.5 Å². The van der Waals surface area contributed by atoms with Crippen LogP contribution in [0.1, 0.15) is 17.2 Å². The number of aliphatic hydroxyl groups is 2. The van der Waals surface area contributed by atoms with E-state index < -0.39 is 11.9 Å². The maximum absolute atomic E-state index is 14.3. The highest BCUT2D eigenvalue weighted by molar-refractivity contribution is 6.33. The molecule has 1 atom stereocenters. The van der Waals surface area contributed by atoms with Crippen LogP contribution in [-0.2, 0) is 0 Å². The molecule has 8 heteroatoms. The molecule has 1 aromatic carbocycles. The average molecular weight is 371 g/mol. The summed E-state index contributed by atoms with van der Waals surface area (Å²) in [5, 5.41) is 20.4. The van der Waals surface area contributed by atoms with Gasteiger partial charge in [0.2, 0.25) is 0 Å². The Morgan fingerprint density at radius 3 is 2.88 bits per heavy atom. The highest BCUT2D eigenvalue weighted by atomic mass is 35.5. The van der Waals surface area contributed by atoms with Crippen molar-refractivity contribution in [3.8, 4) is 5.75 Å². The average Bonchev–Trinajstić information content (AvgIpc) is 2.97. The number of rotatable bonds is 5. The van der Waals surface area contributed by atoms with Crippen LogP contribution in [0.3, 0.4) is 0 Å². The largest absolute Gasteiger partial charge is 0.490 e. The molecule has 3 aromatic rings. The predicted molar refractivity (Wildman–Crippen MR) is 89.2 cm³/mol. The predicted octanol–water partition coefficient (Wildman–Crippen LogP) is 3.46. The standard InChI is InChI=1S/C16H13Cl2FN2O3/c17-8-5-9-10(7-21-16(9)20-6-8)15(23)13-11(19)1-2-12(14(13)18)24-4-3-22/h1-2,5-7,15,22-23H,3-4H2,(H,20,21). The summed E-state index contributed by atoms with van der Waals surface area (Å²) in [5.74, 6) is -0.495. The maximum Gasteiger partial charge on any atom is 0.138 e. The van der Waals surface area contributed by atoms with Crippen LogP contribution in [0.4, 0.5) is 4.39 Å². The first-order valence-corrected chi connectivity index (χ1v) is 7.80. The summed E-state index contributed by atoms with van der Waals surface area (Å²) in [6, 6.07) is 4.12. The van der Waals surface area contributed by atoms with Gasteiger partial charge in [0.15, 0.2) is 0 Å². The molecule has 0 fully saturated rings.